The molecule has 3 heteroatoms. The summed E-state index contributed by atoms with van der Waals surface area (Å²) in [6.45, 7) is 11.6. The highest BCUT2D eigenvalue weighted by atomic mass is 32.1. The number of benzene rings is 1. The summed E-state index contributed by atoms with van der Waals surface area (Å²) in [4.78, 5) is 0.902. The average Bonchev–Trinajstić information content (AvgIpc) is 2.26. The highest BCUT2D eigenvalue weighted by Gasteiger charge is 2.17. The lowest BCUT2D eigenvalue weighted by atomic mass is 9.85. The van der Waals surface area contributed by atoms with Crippen LogP contribution in [0.25, 0.3) is 0 Å². The molecule has 0 atom stereocenters. The third-order valence-electron chi connectivity index (χ3n) is 3.00. The minimum atomic E-state index is 0.0391. The Kier molecular flexibility index (Phi) is 5.26. The van der Waals surface area contributed by atoms with E-state index in [2.05, 4.69) is 64.7 Å². The maximum atomic E-state index is 9.44. The van der Waals surface area contributed by atoms with Crippen molar-refractivity contribution in [3.63, 3.8) is 0 Å². The zero-order valence-electron chi connectivity index (χ0n) is 12.0. The molecule has 0 fully saturated rings. The summed E-state index contributed by atoms with van der Waals surface area (Å²) in [7, 11) is 0. The van der Waals surface area contributed by atoms with Gasteiger partial charge < -0.3 is 10.4 Å². The van der Waals surface area contributed by atoms with E-state index in [9.17, 15) is 5.11 Å². The van der Waals surface area contributed by atoms with Crippen LogP contribution in [-0.2, 0) is 18.6 Å². The van der Waals surface area contributed by atoms with Crippen LogP contribution in [0.5, 0.6) is 0 Å². The Labute approximate surface area is 116 Å². The normalized spacial score (nSPS) is 12.2. The topological polar surface area (TPSA) is 32.3 Å². The van der Waals surface area contributed by atoms with Gasteiger partial charge in [0.25, 0.3) is 0 Å². The van der Waals surface area contributed by atoms with Crippen molar-refractivity contribution < 1.29 is 5.11 Å². The Balaban J connectivity index is 3.15. The molecule has 102 valence electrons. The molecule has 0 aliphatic carbocycles. The van der Waals surface area contributed by atoms with Crippen LogP contribution < -0.4 is 5.32 Å². The molecule has 0 aliphatic heterocycles. The fraction of sp³-hybridized carbons (Fsp3) is 0.600. The first kappa shape index (κ1) is 15.5. The van der Waals surface area contributed by atoms with Crippen molar-refractivity contribution >= 4 is 12.6 Å². The van der Waals surface area contributed by atoms with Crippen molar-refractivity contribution in [1.29, 1.82) is 0 Å². The van der Waals surface area contributed by atoms with Crippen LogP contribution in [0.2, 0.25) is 0 Å². The molecule has 1 rings (SSSR count). The lowest BCUT2D eigenvalue weighted by molar-refractivity contribution is 0.278. The van der Waals surface area contributed by atoms with Crippen LogP contribution in [0, 0.1) is 0 Å². The summed E-state index contributed by atoms with van der Waals surface area (Å²) >= 11 is 4.54. The Morgan fingerprint density at radius 1 is 1.22 bits per heavy atom. The molecule has 2 N–H and O–H groups in total. The van der Waals surface area contributed by atoms with Crippen molar-refractivity contribution in [2.75, 3.05) is 0 Å². The molecule has 0 aromatic heterocycles. The second-order valence-corrected chi connectivity index (χ2v) is 6.53. The van der Waals surface area contributed by atoms with Gasteiger partial charge in [-0.25, -0.2) is 0 Å². The third kappa shape index (κ3) is 4.01. The van der Waals surface area contributed by atoms with Crippen molar-refractivity contribution in [3.05, 3.63) is 28.8 Å². The maximum Gasteiger partial charge on any atom is 0.0692 e. The summed E-state index contributed by atoms with van der Waals surface area (Å²) in [5.74, 6) is 0. The van der Waals surface area contributed by atoms with Crippen molar-refractivity contribution in [2.24, 2.45) is 0 Å². The van der Waals surface area contributed by atoms with E-state index >= 15 is 0 Å². The molecule has 0 bridgehead atoms. The fourth-order valence-electron chi connectivity index (χ4n) is 1.76. The smallest absolute Gasteiger partial charge is 0.0692 e. The molecular formula is C15H25NOS. The molecule has 0 aliphatic rings. The summed E-state index contributed by atoms with van der Waals surface area (Å²) in [5, 5.41) is 12.8. The SMILES string of the molecule is CC(C)NCc1cc(C(C)(C)C)cc(CO)c1S. The lowest BCUT2D eigenvalue weighted by Gasteiger charge is -2.23. The van der Waals surface area contributed by atoms with Gasteiger partial charge in [0, 0.05) is 17.5 Å². The second kappa shape index (κ2) is 6.09. The first-order valence-corrected chi connectivity index (χ1v) is 6.90. The first-order valence-electron chi connectivity index (χ1n) is 6.45. The third-order valence-corrected chi connectivity index (χ3v) is 3.58. The van der Waals surface area contributed by atoms with Gasteiger partial charge in [0.2, 0.25) is 0 Å². The Morgan fingerprint density at radius 2 is 1.78 bits per heavy atom. The lowest BCUT2D eigenvalue weighted by Crippen LogP contribution is -2.23. The molecule has 0 saturated heterocycles. The molecule has 2 nitrogen and oxygen atoms in total. The number of hydrogen-bond donors (Lipinski definition) is 3. The molecule has 1 aromatic carbocycles. The molecule has 0 amide bonds. The van der Waals surface area contributed by atoms with Gasteiger partial charge in [0.05, 0.1) is 6.61 Å². The summed E-state index contributed by atoms with van der Waals surface area (Å²) in [6, 6.07) is 4.69. The molecule has 0 unspecified atom stereocenters. The zero-order chi connectivity index (χ0) is 13.9. The monoisotopic (exact) mass is 267 g/mol. The van der Waals surface area contributed by atoms with Crippen molar-refractivity contribution in [1.82, 2.24) is 5.32 Å². The van der Waals surface area contributed by atoms with Crippen LogP contribution >= 0.6 is 12.6 Å². The number of nitrogens with one attached hydrogen (secondary N) is 1. The zero-order valence-corrected chi connectivity index (χ0v) is 12.9. The quantitative estimate of drug-likeness (QED) is 0.732. The number of thiol groups is 1. The van der Waals surface area contributed by atoms with Crippen molar-refractivity contribution in [3.8, 4) is 0 Å². The molecule has 0 saturated carbocycles. The predicted octanol–water partition coefficient (Wildman–Crippen LogP) is 3.26. The van der Waals surface area contributed by atoms with Gasteiger partial charge in [-0.3, -0.25) is 0 Å². The number of hydrogen-bond acceptors (Lipinski definition) is 3. The van der Waals surface area contributed by atoms with Gasteiger partial charge in [-0.1, -0.05) is 46.8 Å². The standard InChI is InChI=1S/C15H25NOS/c1-10(2)16-8-11-6-13(15(3,4)5)7-12(9-17)14(11)18/h6-7,10,16-18H,8-9H2,1-5H3. The number of aliphatic hydroxyl groups is 1. The number of aliphatic hydroxyl groups excluding tert-OH is 1. The highest BCUT2D eigenvalue weighted by molar-refractivity contribution is 7.80. The van der Waals surface area contributed by atoms with E-state index in [4.69, 9.17) is 0 Å². The van der Waals surface area contributed by atoms with Gasteiger partial charge in [-0.2, -0.15) is 0 Å². The molecule has 1 aromatic rings. The van der Waals surface area contributed by atoms with Crippen LogP contribution in [0.1, 0.15) is 51.3 Å². The maximum absolute atomic E-state index is 9.44. The molecule has 18 heavy (non-hydrogen) atoms. The van der Waals surface area contributed by atoms with Crippen LogP contribution in [0.4, 0.5) is 0 Å². The molecule has 0 radical (unpaired) electrons. The van der Waals surface area contributed by atoms with Crippen LogP contribution in [0.3, 0.4) is 0 Å². The number of rotatable bonds is 4. The minimum absolute atomic E-state index is 0.0391. The minimum Gasteiger partial charge on any atom is -0.392 e. The van der Waals surface area contributed by atoms with E-state index in [1.165, 1.54) is 5.56 Å². The van der Waals surface area contributed by atoms with E-state index in [1.807, 2.05) is 0 Å². The second-order valence-electron chi connectivity index (χ2n) is 6.09. The highest BCUT2D eigenvalue weighted by Crippen LogP contribution is 2.29. The average molecular weight is 267 g/mol. The van der Waals surface area contributed by atoms with E-state index in [1.54, 1.807) is 0 Å². The molecular weight excluding hydrogens is 242 g/mol. The Bertz CT molecular complexity index is 408. The van der Waals surface area contributed by atoms with E-state index in [0.29, 0.717) is 6.04 Å². The van der Waals surface area contributed by atoms with E-state index < -0.39 is 0 Å². The van der Waals surface area contributed by atoms with Gasteiger partial charge >= 0.3 is 0 Å². The summed E-state index contributed by atoms with van der Waals surface area (Å²) in [6.07, 6.45) is 0. The molecule has 0 spiro atoms. The van der Waals surface area contributed by atoms with E-state index in [0.717, 1.165) is 22.6 Å². The Morgan fingerprint density at radius 3 is 2.22 bits per heavy atom. The summed E-state index contributed by atoms with van der Waals surface area (Å²) in [5.41, 5.74) is 3.39. The first-order chi connectivity index (χ1) is 8.25. The van der Waals surface area contributed by atoms with Crippen LogP contribution in [-0.4, -0.2) is 11.1 Å². The fourth-order valence-corrected chi connectivity index (χ4v) is 2.04. The van der Waals surface area contributed by atoms with Gasteiger partial charge in [0.15, 0.2) is 0 Å². The predicted molar refractivity (Wildman–Crippen MR) is 80.3 cm³/mol. The van der Waals surface area contributed by atoms with Gasteiger partial charge in [-0.05, 0) is 22.1 Å². The molecule has 0 heterocycles. The van der Waals surface area contributed by atoms with Gasteiger partial charge in [-0.15, -0.1) is 12.6 Å². The van der Waals surface area contributed by atoms with Crippen LogP contribution in [0.15, 0.2) is 17.0 Å². The largest absolute Gasteiger partial charge is 0.392 e. The summed E-state index contributed by atoms with van der Waals surface area (Å²) < 4.78 is 0. The van der Waals surface area contributed by atoms with Crippen molar-refractivity contribution in [2.45, 2.75) is 64.1 Å². The van der Waals surface area contributed by atoms with E-state index in [-0.39, 0.29) is 12.0 Å². The van der Waals surface area contributed by atoms with Gasteiger partial charge in [0.1, 0.15) is 0 Å². The Hall–Kier alpha value is -0.510.